The van der Waals surface area contributed by atoms with Crippen LogP contribution in [0.3, 0.4) is 0 Å². The lowest BCUT2D eigenvalue weighted by Gasteiger charge is -2.41. The summed E-state index contributed by atoms with van der Waals surface area (Å²) in [4.78, 5) is 20.7. The smallest absolute Gasteiger partial charge is 0.382 e. The van der Waals surface area contributed by atoms with E-state index in [0.717, 1.165) is 23.3 Å². The number of anilines is 2. The number of piperazine rings is 1. The van der Waals surface area contributed by atoms with Crippen LogP contribution in [0.5, 0.6) is 0 Å². The number of alkyl halides is 3. The van der Waals surface area contributed by atoms with Crippen LogP contribution in [0, 0.1) is 6.92 Å². The molecule has 10 nitrogen and oxygen atoms in total. The van der Waals surface area contributed by atoms with Gasteiger partial charge in [0.05, 0.1) is 5.69 Å². The van der Waals surface area contributed by atoms with Gasteiger partial charge in [0, 0.05) is 56.3 Å². The molecule has 0 saturated carbocycles. The molecular weight excluding hydrogens is 489 g/mol. The van der Waals surface area contributed by atoms with E-state index in [0.29, 0.717) is 17.2 Å². The highest BCUT2D eigenvalue weighted by molar-refractivity contribution is 5.88. The zero-order valence-electron chi connectivity index (χ0n) is 20.2. The lowest BCUT2D eigenvalue weighted by Crippen LogP contribution is -2.60. The van der Waals surface area contributed by atoms with Crippen molar-refractivity contribution < 1.29 is 22.7 Å². The number of aromatic amines is 1. The van der Waals surface area contributed by atoms with Crippen LogP contribution in [0.1, 0.15) is 11.3 Å². The van der Waals surface area contributed by atoms with Crippen molar-refractivity contribution in [2.24, 2.45) is 0 Å². The van der Waals surface area contributed by atoms with Gasteiger partial charge in [0.25, 0.3) is 11.5 Å². The van der Waals surface area contributed by atoms with Gasteiger partial charge in [0.1, 0.15) is 5.52 Å². The monoisotopic (exact) mass is 514 g/mol. The summed E-state index contributed by atoms with van der Waals surface area (Å²) in [6, 6.07) is 10.7. The van der Waals surface area contributed by atoms with Crippen LogP contribution in [0.2, 0.25) is 0 Å². The molecule has 1 saturated heterocycles. The number of nitrogens with one attached hydrogen (secondary N) is 1. The van der Waals surface area contributed by atoms with Gasteiger partial charge in [0.15, 0.2) is 5.82 Å². The number of methoxy groups -OCH3 is 1. The van der Waals surface area contributed by atoms with Crippen molar-refractivity contribution in [3.05, 3.63) is 59.9 Å². The average Bonchev–Trinajstić information content (AvgIpc) is 3.51. The molecule has 0 bridgehead atoms. The van der Waals surface area contributed by atoms with Gasteiger partial charge in [-0.1, -0.05) is 30.3 Å². The molecule has 3 aromatic heterocycles. The highest BCUT2D eigenvalue weighted by atomic mass is 19.4. The van der Waals surface area contributed by atoms with E-state index in [1.807, 2.05) is 19.1 Å². The highest BCUT2D eigenvalue weighted by Gasteiger charge is 2.63. The number of halogens is 3. The van der Waals surface area contributed by atoms with Gasteiger partial charge in [-0.25, -0.2) is 4.52 Å². The number of hydrogen-bond donors (Lipinski definition) is 2. The van der Waals surface area contributed by atoms with Gasteiger partial charge < -0.3 is 20.3 Å². The number of aryl methyl sites for hydroxylation is 1. The highest BCUT2D eigenvalue weighted by Crippen LogP contribution is 2.43. The van der Waals surface area contributed by atoms with Crippen LogP contribution >= 0.6 is 0 Å². The Morgan fingerprint density at radius 1 is 1.11 bits per heavy atom. The maximum Gasteiger partial charge on any atom is 0.430 e. The van der Waals surface area contributed by atoms with Crippen molar-refractivity contribution in [2.45, 2.75) is 18.7 Å². The molecule has 0 radical (unpaired) electrons. The fourth-order valence-corrected chi connectivity index (χ4v) is 4.67. The summed E-state index contributed by atoms with van der Waals surface area (Å²) in [6.45, 7) is 2.38. The predicted molar refractivity (Wildman–Crippen MR) is 130 cm³/mol. The number of benzene rings is 1. The van der Waals surface area contributed by atoms with Crippen molar-refractivity contribution in [1.82, 2.24) is 29.7 Å². The molecule has 1 fully saturated rings. The normalized spacial score (nSPS) is 16.2. The summed E-state index contributed by atoms with van der Waals surface area (Å²) in [6.07, 6.45) is -3.22. The molecule has 1 amide bonds. The maximum atomic E-state index is 14.3. The zero-order valence-corrected chi connectivity index (χ0v) is 20.2. The first kappa shape index (κ1) is 24.6. The molecule has 1 aliphatic heterocycles. The summed E-state index contributed by atoms with van der Waals surface area (Å²) in [5.74, 6) is -0.605. The third-order valence-corrected chi connectivity index (χ3v) is 6.55. The predicted octanol–water partition coefficient (Wildman–Crippen LogP) is 2.76. The molecule has 3 N–H and O–H groups in total. The Labute approximate surface area is 209 Å². The average molecular weight is 515 g/mol. The number of amides is 1. The third kappa shape index (κ3) is 4.04. The zero-order chi connectivity index (χ0) is 26.4. The quantitative estimate of drug-likeness (QED) is 0.421. The fraction of sp³-hybridized carbons (Fsp3) is 0.333. The minimum absolute atomic E-state index is 0.0254. The van der Waals surface area contributed by atoms with E-state index < -0.39 is 17.7 Å². The number of nitrogens with zero attached hydrogens (tertiary/aromatic N) is 6. The molecular formula is C24H25F3N8O2. The van der Waals surface area contributed by atoms with E-state index in [4.69, 9.17) is 10.5 Å². The molecule has 0 spiro atoms. The van der Waals surface area contributed by atoms with E-state index in [2.05, 4.69) is 20.3 Å². The van der Waals surface area contributed by atoms with E-state index in [1.165, 1.54) is 24.3 Å². The number of aromatic nitrogens is 5. The van der Waals surface area contributed by atoms with Gasteiger partial charge in [0.2, 0.25) is 5.95 Å². The molecule has 4 aromatic rings. The number of nitrogen functional groups attached to an aromatic ring is 1. The van der Waals surface area contributed by atoms with Gasteiger partial charge in [-0.2, -0.15) is 23.3 Å². The topological polar surface area (TPSA) is 118 Å². The number of nitrogens with two attached hydrogens (primary N) is 1. The lowest BCUT2D eigenvalue weighted by molar-refractivity contribution is -0.270. The molecule has 194 valence electrons. The van der Waals surface area contributed by atoms with E-state index in [9.17, 15) is 18.0 Å². The number of ether oxygens (including phenoxy) is 1. The fourth-order valence-electron chi connectivity index (χ4n) is 4.67. The van der Waals surface area contributed by atoms with Crippen molar-refractivity contribution in [1.29, 1.82) is 0 Å². The second-order valence-corrected chi connectivity index (χ2v) is 8.78. The van der Waals surface area contributed by atoms with Crippen molar-refractivity contribution in [3.63, 3.8) is 0 Å². The first-order chi connectivity index (χ1) is 17.7. The van der Waals surface area contributed by atoms with Crippen LogP contribution < -0.4 is 10.6 Å². The minimum atomic E-state index is -4.96. The van der Waals surface area contributed by atoms with E-state index in [1.54, 1.807) is 21.7 Å². The van der Waals surface area contributed by atoms with E-state index >= 15 is 0 Å². The van der Waals surface area contributed by atoms with Crippen LogP contribution in [0.4, 0.5) is 24.9 Å². The number of rotatable bonds is 5. The molecule has 37 heavy (non-hydrogen) atoms. The van der Waals surface area contributed by atoms with Crippen LogP contribution in [0.25, 0.3) is 16.8 Å². The van der Waals surface area contributed by atoms with E-state index in [-0.39, 0.29) is 37.6 Å². The van der Waals surface area contributed by atoms with Crippen LogP contribution in [-0.4, -0.2) is 75.1 Å². The maximum absolute atomic E-state index is 14.3. The molecule has 0 aliphatic carbocycles. The first-order valence-electron chi connectivity index (χ1n) is 11.5. The minimum Gasteiger partial charge on any atom is -0.382 e. The Morgan fingerprint density at radius 2 is 1.81 bits per heavy atom. The standard InChI is InChI=1S/C24H25F3N8O2/c1-15-14-18(31-30-15)17-8-9-35-19(17)20(28)29-22(32-35)34-12-10-33(11-13-34)21(36)23(37-2,24(25,26)27)16-6-4-3-5-7-16/h3-9,14H,10-13H2,1-2H3,(H,30,31)(H2,28,29,32)/t23-/m0/s1. The molecule has 0 unspecified atom stereocenters. The van der Waals surface area contributed by atoms with Crippen molar-refractivity contribution >= 4 is 23.2 Å². The summed E-state index contributed by atoms with van der Waals surface area (Å²) in [7, 11) is 0.899. The molecule has 1 aromatic carbocycles. The number of H-pyrrole nitrogens is 1. The van der Waals surface area contributed by atoms with Crippen molar-refractivity contribution in [3.8, 4) is 11.3 Å². The first-order valence-corrected chi connectivity index (χ1v) is 11.5. The molecule has 13 heteroatoms. The Morgan fingerprint density at radius 3 is 2.41 bits per heavy atom. The third-order valence-electron chi connectivity index (χ3n) is 6.55. The SMILES string of the molecule is CO[C@](C(=O)N1CCN(c2nc(N)c3c(-c4cc(C)[nH]n4)ccn3n2)CC1)(c1ccccc1)C(F)(F)F. The Kier molecular flexibility index (Phi) is 6.02. The van der Waals surface area contributed by atoms with Gasteiger partial charge >= 0.3 is 6.18 Å². The van der Waals surface area contributed by atoms with Crippen molar-refractivity contribution in [2.75, 3.05) is 43.9 Å². The van der Waals surface area contributed by atoms with Gasteiger partial charge in [-0.3, -0.25) is 9.89 Å². The lowest BCUT2D eigenvalue weighted by atomic mass is 9.90. The summed E-state index contributed by atoms with van der Waals surface area (Å²) >= 11 is 0. The number of hydrogen-bond acceptors (Lipinski definition) is 7. The molecule has 5 rings (SSSR count). The number of fused-ring (bicyclic) bond motifs is 1. The Bertz CT molecular complexity index is 1430. The Balaban J connectivity index is 1.38. The number of carbonyl (C=O) groups excluding carboxylic acids is 1. The van der Waals surface area contributed by atoms with Crippen LogP contribution in [0.15, 0.2) is 48.7 Å². The molecule has 1 aliphatic rings. The summed E-state index contributed by atoms with van der Waals surface area (Å²) in [5.41, 5.74) is 5.88. The van der Waals surface area contributed by atoms with Gasteiger partial charge in [-0.05, 0) is 19.1 Å². The van der Waals surface area contributed by atoms with Crippen LogP contribution in [-0.2, 0) is 15.1 Å². The Hall–Kier alpha value is -4.13. The second-order valence-electron chi connectivity index (χ2n) is 8.78. The summed E-state index contributed by atoms with van der Waals surface area (Å²) in [5, 5.41) is 11.7. The summed E-state index contributed by atoms with van der Waals surface area (Å²) < 4.78 is 49.4. The largest absolute Gasteiger partial charge is 0.430 e. The molecule has 1 atom stereocenters. The molecule has 4 heterocycles. The second kappa shape index (κ2) is 9.07. The van der Waals surface area contributed by atoms with Gasteiger partial charge in [-0.15, -0.1) is 5.10 Å². The number of carbonyl (C=O) groups is 1.